The van der Waals surface area contributed by atoms with Gasteiger partial charge >= 0.3 is 0 Å². The maximum Gasteiger partial charge on any atom is 0.159 e. The highest BCUT2D eigenvalue weighted by Crippen LogP contribution is 2.65. The Bertz CT molecular complexity index is 512. The molecule has 5 nitrogen and oxygen atoms in total. The molecule has 0 amide bonds. The summed E-state index contributed by atoms with van der Waals surface area (Å²) in [6, 6.07) is 0. The zero-order chi connectivity index (χ0) is 21.6. The van der Waals surface area contributed by atoms with Crippen LogP contribution in [0.4, 0.5) is 0 Å². The lowest BCUT2D eigenvalue weighted by Crippen LogP contribution is -2.42. The zero-order valence-corrected chi connectivity index (χ0v) is 19.9. The number of rotatable bonds is 14. The van der Waals surface area contributed by atoms with E-state index < -0.39 is 0 Å². The Morgan fingerprint density at radius 3 is 2.33 bits per heavy atom. The van der Waals surface area contributed by atoms with Crippen molar-refractivity contribution in [1.82, 2.24) is 0 Å². The van der Waals surface area contributed by atoms with Crippen molar-refractivity contribution in [1.29, 1.82) is 0 Å². The summed E-state index contributed by atoms with van der Waals surface area (Å²) < 4.78 is 25.3. The van der Waals surface area contributed by atoms with Gasteiger partial charge in [-0.1, -0.05) is 59.3 Å². The highest BCUT2D eigenvalue weighted by atomic mass is 16.8. The largest absolute Gasteiger partial charge is 0.393 e. The lowest BCUT2D eigenvalue weighted by molar-refractivity contribution is -0.244. The van der Waals surface area contributed by atoms with Gasteiger partial charge in [0.05, 0.1) is 18.8 Å². The smallest absolute Gasteiger partial charge is 0.159 e. The first kappa shape index (κ1) is 24.4. The van der Waals surface area contributed by atoms with E-state index in [0.717, 1.165) is 51.6 Å². The average molecular weight is 427 g/mol. The number of unbranched alkanes of at least 4 members (excludes halogenated alkanes) is 5. The summed E-state index contributed by atoms with van der Waals surface area (Å²) in [5.74, 6) is 0.329. The molecule has 0 bridgehead atoms. The van der Waals surface area contributed by atoms with Crippen molar-refractivity contribution >= 4 is 0 Å². The molecular weight excluding hydrogens is 380 g/mol. The third-order valence-electron chi connectivity index (χ3n) is 7.28. The molecule has 0 aromatic rings. The molecule has 7 atom stereocenters. The molecule has 30 heavy (non-hydrogen) atoms. The van der Waals surface area contributed by atoms with Crippen LogP contribution in [0.5, 0.6) is 0 Å². The second-order valence-electron chi connectivity index (χ2n) is 10.0. The van der Waals surface area contributed by atoms with Gasteiger partial charge in [0.25, 0.3) is 0 Å². The second-order valence-corrected chi connectivity index (χ2v) is 10.0. The van der Waals surface area contributed by atoms with E-state index in [0.29, 0.717) is 12.3 Å². The lowest BCUT2D eigenvalue weighted by Gasteiger charge is -2.38. The van der Waals surface area contributed by atoms with Crippen molar-refractivity contribution in [2.45, 2.75) is 147 Å². The number of aliphatic hydroxyl groups is 1. The molecule has 5 heteroatoms. The molecule has 0 spiro atoms. The third kappa shape index (κ3) is 5.78. The Hall–Kier alpha value is -0.200. The van der Waals surface area contributed by atoms with Crippen LogP contribution in [-0.2, 0) is 18.9 Å². The minimum Gasteiger partial charge on any atom is -0.393 e. The Labute approximate surface area is 184 Å². The van der Waals surface area contributed by atoms with Crippen molar-refractivity contribution < 1.29 is 24.1 Å². The Morgan fingerprint density at radius 1 is 0.900 bits per heavy atom. The van der Waals surface area contributed by atoms with Crippen LogP contribution in [0.2, 0.25) is 0 Å². The molecule has 0 aromatic carbocycles. The van der Waals surface area contributed by atoms with Crippen LogP contribution >= 0.6 is 0 Å². The molecule has 1 N–H and O–H groups in total. The van der Waals surface area contributed by atoms with Crippen molar-refractivity contribution in [2.75, 3.05) is 6.61 Å². The molecule has 1 aliphatic carbocycles. The number of aliphatic hydroxyl groups excluding tert-OH is 1. The van der Waals surface area contributed by atoms with Gasteiger partial charge in [-0.3, -0.25) is 0 Å². The van der Waals surface area contributed by atoms with Crippen molar-refractivity contribution in [3.05, 3.63) is 0 Å². The predicted octanol–water partition coefficient (Wildman–Crippen LogP) is 5.72. The van der Waals surface area contributed by atoms with E-state index in [1.807, 2.05) is 6.92 Å². The van der Waals surface area contributed by atoms with E-state index in [1.54, 1.807) is 0 Å². The van der Waals surface area contributed by atoms with Gasteiger partial charge in [-0.25, -0.2) is 0 Å². The number of hydrogen-bond acceptors (Lipinski definition) is 5. The van der Waals surface area contributed by atoms with Gasteiger partial charge in [0.1, 0.15) is 11.2 Å². The number of hydrogen-bond donors (Lipinski definition) is 1. The first-order valence-corrected chi connectivity index (χ1v) is 12.8. The van der Waals surface area contributed by atoms with Crippen LogP contribution in [0.3, 0.4) is 0 Å². The molecule has 3 fully saturated rings. The third-order valence-corrected chi connectivity index (χ3v) is 7.28. The fraction of sp³-hybridized carbons (Fsp3) is 1.00. The summed E-state index contributed by atoms with van der Waals surface area (Å²) in [7, 11) is 0. The lowest BCUT2D eigenvalue weighted by atomic mass is 9.90. The highest BCUT2D eigenvalue weighted by molar-refractivity contribution is 5.24. The Kier molecular flexibility index (Phi) is 9.04. The summed E-state index contributed by atoms with van der Waals surface area (Å²) in [6.07, 6.45) is 13.8. The van der Waals surface area contributed by atoms with E-state index in [-0.39, 0.29) is 36.0 Å². The first-order valence-electron chi connectivity index (χ1n) is 12.8. The van der Waals surface area contributed by atoms with Crippen molar-refractivity contribution in [2.24, 2.45) is 5.92 Å². The molecule has 2 aliphatic heterocycles. The van der Waals surface area contributed by atoms with Gasteiger partial charge < -0.3 is 24.1 Å². The predicted molar refractivity (Wildman–Crippen MR) is 118 cm³/mol. The molecule has 1 saturated carbocycles. The summed E-state index contributed by atoms with van der Waals surface area (Å²) >= 11 is 0. The van der Waals surface area contributed by atoms with Crippen LogP contribution in [0.1, 0.15) is 111 Å². The average Bonchev–Trinajstić information content (AvgIpc) is 3.18. The number of fused-ring (bicyclic) bond motifs is 1. The summed E-state index contributed by atoms with van der Waals surface area (Å²) in [6.45, 7) is 9.22. The molecule has 2 heterocycles. The Morgan fingerprint density at radius 2 is 1.63 bits per heavy atom. The minimum absolute atomic E-state index is 0.0590. The van der Waals surface area contributed by atoms with E-state index in [2.05, 4.69) is 20.8 Å². The van der Waals surface area contributed by atoms with Crippen LogP contribution in [0.15, 0.2) is 0 Å². The van der Waals surface area contributed by atoms with Crippen LogP contribution in [0, 0.1) is 5.92 Å². The van der Waals surface area contributed by atoms with Crippen molar-refractivity contribution in [3.63, 3.8) is 0 Å². The van der Waals surface area contributed by atoms with Crippen LogP contribution in [0.25, 0.3) is 0 Å². The molecule has 2 saturated heterocycles. The van der Waals surface area contributed by atoms with Crippen LogP contribution in [-0.4, -0.2) is 47.7 Å². The minimum atomic E-state index is -0.377. The number of ether oxygens (including phenoxy) is 4. The molecule has 0 radical (unpaired) electrons. The van der Waals surface area contributed by atoms with Gasteiger partial charge in [0, 0.05) is 18.8 Å². The zero-order valence-electron chi connectivity index (χ0n) is 19.9. The monoisotopic (exact) mass is 426 g/mol. The van der Waals surface area contributed by atoms with Crippen LogP contribution < -0.4 is 0 Å². The van der Waals surface area contributed by atoms with Gasteiger partial charge in [-0.15, -0.1) is 0 Å². The molecule has 7 unspecified atom stereocenters. The first-order chi connectivity index (χ1) is 14.5. The molecule has 3 aliphatic rings. The van der Waals surface area contributed by atoms with E-state index >= 15 is 0 Å². The standard InChI is InChI=1S/C25H46O5/c1-5-8-9-10-11-12-14-23-29-24(15-19(4)26)18-25(24,30-23)16-20-17-27-22(13-6-2)28-21(20)7-3/h19-23,26H,5-18H2,1-4H3. The van der Waals surface area contributed by atoms with E-state index in [4.69, 9.17) is 18.9 Å². The molecule has 176 valence electrons. The highest BCUT2D eigenvalue weighted by Gasteiger charge is 2.76. The van der Waals surface area contributed by atoms with Gasteiger partial charge in [-0.2, -0.15) is 0 Å². The van der Waals surface area contributed by atoms with Gasteiger partial charge in [-0.05, 0) is 39.0 Å². The van der Waals surface area contributed by atoms with E-state index in [9.17, 15) is 5.11 Å². The van der Waals surface area contributed by atoms with Gasteiger partial charge in [0.15, 0.2) is 12.6 Å². The topological polar surface area (TPSA) is 57.2 Å². The maximum absolute atomic E-state index is 10.1. The SMILES string of the molecule is CCCCCCCCC1OC2(CC(C)O)CC2(CC2COC(CCC)OC2CC)O1. The van der Waals surface area contributed by atoms with Crippen molar-refractivity contribution in [3.8, 4) is 0 Å². The fourth-order valence-corrected chi connectivity index (χ4v) is 5.66. The van der Waals surface area contributed by atoms with Gasteiger partial charge in [0.2, 0.25) is 0 Å². The fourth-order valence-electron chi connectivity index (χ4n) is 5.66. The normalized spacial score (nSPS) is 39.1. The maximum atomic E-state index is 10.1. The molecular formula is C25H46O5. The second kappa shape index (κ2) is 11.1. The molecule has 0 aromatic heterocycles. The molecule has 3 rings (SSSR count). The quantitative estimate of drug-likeness (QED) is 0.360. The van der Waals surface area contributed by atoms with E-state index in [1.165, 1.54) is 32.1 Å². The summed E-state index contributed by atoms with van der Waals surface area (Å²) in [4.78, 5) is 0. The Balaban J connectivity index is 1.54. The summed E-state index contributed by atoms with van der Waals surface area (Å²) in [5.41, 5.74) is -0.578. The summed E-state index contributed by atoms with van der Waals surface area (Å²) in [5, 5.41) is 10.1.